The molecular formula is C11H20N2O2S2. The summed E-state index contributed by atoms with van der Waals surface area (Å²) in [5.74, 6) is 0.257. The summed E-state index contributed by atoms with van der Waals surface area (Å²) < 4.78 is 26.8. The molecule has 0 saturated carbocycles. The van der Waals surface area contributed by atoms with Gasteiger partial charge in [0.2, 0.25) is 10.0 Å². The van der Waals surface area contributed by atoms with Crippen molar-refractivity contribution in [3.05, 3.63) is 17.0 Å². The highest BCUT2D eigenvalue weighted by Crippen LogP contribution is 2.21. The standard InChI is InChI=1S/C11H20N2O2S2/c1-4-9-5-6-11(16-9)17(14,15)13-7-10(12)8(2)3/h5-6,8,10,13H,4,7,12H2,1-3H3. The van der Waals surface area contributed by atoms with Crippen LogP contribution in [0.15, 0.2) is 16.3 Å². The molecule has 1 aromatic rings. The van der Waals surface area contributed by atoms with Crippen molar-refractivity contribution in [3.8, 4) is 0 Å². The molecule has 1 rings (SSSR count). The topological polar surface area (TPSA) is 72.2 Å². The molecule has 98 valence electrons. The minimum atomic E-state index is -3.39. The maximum absolute atomic E-state index is 11.9. The van der Waals surface area contributed by atoms with Crippen LogP contribution in [0.1, 0.15) is 25.6 Å². The highest BCUT2D eigenvalue weighted by Gasteiger charge is 2.18. The van der Waals surface area contributed by atoms with E-state index in [1.54, 1.807) is 6.07 Å². The van der Waals surface area contributed by atoms with Gasteiger partial charge in [0.15, 0.2) is 0 Å². The van der Waals surface area contributed by atoms with Gasteiger partial charge in [0.25, 0.3) is 0 Å². The number of hydrogen-bond donors (Lipinski definition) is 2. The van der Waals surface area contributed by atoms with E-state index in [-0.39, 0.29) is 18.5 Å². The molecule has 0 aliphatic carbocycles. The first-order chi connectivity index (χ1) is 7.86. The molecule has 0 amide bonds. The van der Waals surface area contributed by atoms with E-state index in [1.165, 1.54) is 11.3 Å². The minimum absolute atomic E-state index is 0.157. The molecule has 0 fully saturated rings. The van der Waals surface area contributed by atoms with Crippen LogP contribution in [0.25, 0.3) is 0 Å². The molecule has 1 aromatic heterocycles. The van der Waals surface area contributed by atoms with Gasteiger partial charge < -0.3 is 5.73 Å². The predicted octanol–water partition coefficient (Wildman–Crippen LogP) is 1.57. The summed E-state index contributed by atoms with van der Waals surface area (Å²) in [6, 6.07) is 3.34. The maximum Gasteiger partial charge on any atom is 0.250 e. The summed E-state index contributed by atoms with van der Waals surface area (Å²) in [6.07, 6.45) is 0.853. The van der Waals surface area contributed by atoms with Crippen molar-refractivity contribution in [3.63, 3.8) is 0 Å². The molecule has 0 aromatic carbocycles. The number of aryl methyl sites for hydroxylation is 1. The highest BCUT2D eigenvalue weighted by molar-refractivity contribution is 7.91. The molecule has 6 heteroatoms. The summed E-state index contributed by atoms with van der Waals surface area (Å²) in [6.45, 7) is 6.22. The van der Waals surface area contributed by atoms with Gasteiger partial charge in [0, 0.05) is 17.5 Å². The van der Waals surface area contributed by atoms with Crippen LogP contribution in [0.2, 0.25) is 0 Å². The van der Waals surface area contributed by atoms with E-state index < -0.39 is 10.0 Å². The average Bonchev–Trinajstić information content (AvgIpc) is 2.75. The van der Waals surface area contributed by atoms with Crippen LogP contribution in [0.4, 0.5) is 0 Å². The number of nitrogens with one attached hydrogen (secondary N) is 1. The first kappa shape index (κ1) is 14.6. The Kier molecular flexibility index (Phi) is 5.12. The Morgan fingerprint density at radius 2 is 2.06 bits per heavy atom. The average molecular weight is 276 g/mol. The zero-order valence-corrected chi connectivity index (χ0v) is 12.1. The second-order valence-electron chi connectivity index (χ2n) is 4.33. The van der Waals surface area contributed by atoms with Crippen LogP contribution >= 0.6 is 11.3 Å². The van der Waals surface area contributed by atoms with Gasteiger partial charge in [-0.25, -0.2) is 13.1 Å². The summed E-state index contributed by atoms with van der Waals surface area (Å²) in [7, 11) is -3.39. The lowest BCUT2D eigenvalue weighted by Gasteiger charge is -2.15. The maximum atomic E-state index is 11.9. The number of sulfonamides is 1. The van der Waals surface area contributed by atoms with E-state index in [1.807, 2.05) is 26.8 Å². The van der Waals surface area contributed by atoms with Gasteiger partial charge in [-0.2, -0.15) is 0 Å². The largest absolute Gasteiger partial charge is 0.326 e. The van der Waals surface area contributed by atoms with E-state index >= 15 is 0 Å². The lowest BCUT2D eigenvalue weighted by atomic mass is 10.1. The molecule has 0 radical (unpaired) electrons. The predicted molar refractivity (Wildman–Crippen MR) is 71.7 cm³/mol. The Morgan fingerprint density at radius 3 is 2.53 bits per heavy atom. The van der Waals surface area contributed by atoms with E-state index in [2.05, 4.69) is 4.72 Å². The minimum Gasteiger partial charge on any atom is -0.326 e. The summed E-state index contributed by atoms with van der Waals surface area (Å²) in [5.41, 5.74) is 5.81. The van der Waals surface area contributed by atoms with Crippen LogP contribution in [-0.4, -0.2) is 21.0 Å². The number of thiophene rings is 1. The van der Waals surface area contributed by atoms with Crippen LogP contribution in [0.3, 0.4) is 0 Å². The quantitative estimate of drug-likeness (QED) is 0.828. The Hall–Kier alpha value is -0.430. The third-order valence-corrected chi connectivity index (χ3v) is 5.76. The van der Waals surface area contributed by atoms with Crippen molar-refractivity contribution < 1.29 is 8.42 Å². The van der Waals surface area contributed by atoms with Crippen molar-refractivity contribution in [1.82, 2.24) is 4.72 Å². The van der Waals surface area contributed by atoms with Gasteiger partial charge >= 0.3 is 0 Å². The first-order valence-corrected chi connectivity index (χ1v) is 8.00. The third kappa shape index (κ3) is 4.06. The van der Waals surface area contributed by atoms with Crippen molar-refractivity contribution in [2.75, 3.05) is 6.54 Å². The highest BCUT2D eigenvalue weighted by atomic mass is 32.2. The van der Waals surface area contributed by atoms with Gasteiger partial charge in [0.1, 0.15) is 4.21 Å². The molecule has 0 saturated heterocycles. The van der Waals surface area contributed by atoms with Crippen molar-refractivity contribution in [2.24, 2.45) is 11.7 Å². The molecule has 3 N–H and O–H groups in total. The van der Waals surface area contributed by atoms with Crippen LogP contribution < -0.4 is 10.5 Å². The molecule has 0 aliphatic rings. The third-order valence-electron chi connectivity index (χ3n) is 2.62. The SMILES string of the molecule is CCc1ccc(S(=O)(=O)NCC(N)C(C)C)s1. The molecular weight excluding hydrogens is 256 g/mol. The van der Waals surface area contributed by atoms with E-state index in [0.29, 0.717) is 4.21 Å². The fourth-order valence-electron chi connectivity index (χ4n) is 1.21. The Morgan fingerprint density at radius 1 is 1.41 bits per heavy atom. The molecule has 1 unspecified atom stereocenters. The zero-order valence-electron chi connectivity index (χ0n) is 10.4. The summed E-state index contributed by atoms with van der Waals surface area (Å²) in [5, 5.41) is 0. The molecule has 0 spiro atoms. The van der Waals surface area contributed by atoms with E-state index in [9.17, 15) is 8.42 Å². The van der Waals surface area contributed by atoms with Gasteiger partial charge in [-0.15, -0.1) is 11.3 Å². The molecule has 1 heterocycles. The Labute approximate surface area is 107 Å². The smallest absolute Gasteiger partial charge is 0.250 e. The lowest BCUT2D eigenvalue weighted by molar-refractivity contribution is 0.482. The summed E-state index contributed by atoms with van der Waals surface area (Å²) >= 11 is 1.31. The fraction of sp³-hybridized carbons (Fsp3) is 0.636. The zero-order chi connectivity index (χ0) is 13.1. The number of rotatable bonds is 6. The summed E-state index contributed by atoms with van der Waals surface area (Å²) in [4.78, 5) is 1.07. The van der Waals surface area contributed by atoms with Gasteiger partial charge in [-0.1, -0.05) is 20.8 Å². The van der Waals surface area contributed by atoms with Gasteiger partial charge in [0.05, 0.1) is 0 Å². The molecule has 0 aliphatic heterocycles. The van der Waals surface area contributed by atoms with Gasteiger partial charge in [-0.3, -0.25) is 0 Å². The number of nitrogens with two attached hydrogens (primary N) is 1. The van der Waals surface area contributed by atoms with Crippen molar-refractivity contribution in [2.45, 2.75) is 37.4 Å². The second-order valence-corrected chi connectivity index (χ2v) is 7.50. The first-order valence-electron chi connectivity index (χ1n) is 5.70. The molecule has 17 heavy (non-hydrogen) atoms. The Balaban J connectivity index is 2.69. The van der Waals surface area contributed by atoms with Gasteiger partial charge in [-0.05, 0) is 24.5 Å². The van der Waals surface area contributed by atoms with Crippen molar-refractivity contribution in [1.29, 1.82) is 0 Å². The Bertz CT molecular complexity index is 452. The van der Waals surface area contributed by atoms with E-state index in [0.717, 1.165) is 11.3 Å². The monoisotopic (exact) mass is 276 g/mol. The van der Waals surface area contributed by atoms with Crippen LogP contribution in [-0.2, 0) is 16.4 Å². The lowest BCUT2D eigenvalue weighted by Crippen LogP contribution is -2.40. The van der Waals surface area contributed by atoms with E-state index in [4.69, 9.17) is 5.73 Å². The van der Waals surface area contributed by atoms with Crippen molar-refractivity contribution >= 4 is 21.4 Å². The van der Waals surface area contributed by atoms with Crippen LogP contribution in [0.5, 0.6) is 0 Å². The second kappa shape index (κ2) is 5.95. The molecule has 4 nitrogen and oxygen atoms in total. The van der Waals surface area contributed by atoms with Crippen LogP contribution in [0, 0.1) is 5.92 Å². The number of hydrogen-bond acceptors (Lipinski definition) is 4. The fourth-order valence-corrected chi connectivity index (χ4v) is 3.62. The molecule has 0 bridgehead atoms. The molecule has 1 atom stereocenters. The normalized spacial score (nSPS) is 14.2.